The maximum absolute atomic E-state index is 12.1. The van der Waals surface area contributed by atoms with Crippen LogP contribution in [-0.2, 0) is 19.8 Å². The largest absolute Gasteiger partial charge is 0.334 e. The highest BCUT2D eigenvalue weighted by molar-refractivity contribution is 7.53. The van der Waals surface area contributed by atoms with Crippen LogP contribution in [0.15, 0.2) is 12.1 Å². The van der Waals surface area contributed by atoms with Gasteiger partial charge in [-0.1, -0.05) is 6.07 Å². The van der Waals surface area contributed by atoms with Gasteiger partial charge < -0.3 is 9.05 Å². The highest BCUT2D eigenvalue weighted by atomic mass is 32.1. The van der Waals surface area contributed by atoms with Crippen molar-refractivity contribution in [2.45, 2.75) is 6.16 Å². The summed E-state index contributed by atoms with van der Waals surface area (Å²) in [5.41, 5.74) is 2.25. The van der Waals surface area contributed by atoms with E-state index in [0.717, 1.165) is 11.7 Å². The summed E-state index contributed by atoms with van der Waals surface area (Å²) in [5.74, 6) is 0. The fraction of sp³-hybridized carbons (Fsp3) is 0.300. The Morgan fingerprint density at radius 3 is 2.61 bits per heavy atom. The van der Waals surface area contributed by atoms with Gasteiger partial charge in [-0.15, -0.1) is 0 Å². The smallest absolute Gasteiger partial charge is 0.312 e. The van der Waals surface area contributed by atoms with Crippen molar-refractivity contribution in [2.24, 2.45) is 0 Å². The van der Waals surface area contributed by atoms with Crippen LogP contribution in [0.1, 0.15) is 11.1 Å². The number of hydrogen-bond donors (Lipinski definition) is 0. The predicted octanol–water partition coefficient (Wildman–Crippen LogP) is 2.55. The lowest BCUT2D eigenvalue weighted by Crippen LogP contribution is -1.95. The minimum atomic E-state index is -3.15. The van der Waals surface area contributed by atoms with Gasteiger partial charge in [-0.25, -0.2) is 0 Å². The first-order valence-electron chi connectivity index (χ1n) is 4.98. The van der Waals surface area contributed by atoms with Crippen molar-refractivity contribution in [1.29, 1.82) is 5.26 Å². The minimum Gasteiger partial charge on any atom is -0.312 e. The Morgan fingerprint density at radius 1 is 1.33 bits per heavy atom. The number of hydrogen-bond acceptors (Lipinski definition) is 7. The third-order valence-corrected chi connectivity index (χ3v) is 4.91. The van der Waals surface area contributed by atoms with Crippen LogP contribution in [0.2, 0.25) is 0 Å². The Bertz CT molecular complexity index is 656. The lowest BCUT2D eigenvalue weighted by molar-refractivity contribution is 0.275. The first-order valence-corrected chi connectivity index (χ1v) is 7.44. The van der Waals surface area contributed by atoms with Gasteiger partial charge in [-0.3, -0.25) is 4.57 Å². The average molecular weight is 283 g/mol. The van der Waals surface area contributed by atoms with Crippen molar-refractivity contribution >= 4 is 30.4 Å². The van der Waals surface area contributed by atoms with Gasteiger partial charge in [0.2, 0.25) is 0 Å². The monoisotopic (exact) mass is 283 g/mol. The maximum Gasteiger partial charge on any atom is 0.334 e. The second-order valence-corrected chi connectivity index (χ2v) is 6.28. The number of benzene rings is 1. The topological polar surface area (TPSA) is 85.1 Å². The average Bonchev–Trinajstić information content (AvgIpc) is 2.88. The molecule has 0 N–H and O–H groups in total. The molecule has 2 aromatic rings. The molecule has 18 heavy (non-hydrogen) atoms. The van der Waals surface area contributed by atoms with Gasteiger partial charge >= 0.3 is 7.60 Å². The third-order valence-electron chi connectivity index (χ3n) is 2.54. The Kier molecular flexibility index (Phi) is 3.73. The number of rotatable bonds is 4. The van der Waals surface area contributed by atoms with Crippen molar-refractivity contribution in [3.63, 3.8) is 0 Å². The number of aromatic nitrogens is 2. The van der Waals surface area contributed by atoms with Crippen molar-refractivity contribution in [2.75, 3.05) is 14.2 Å². The quantitative estimate of drug-likeness (QED) is 0.801. The second kappa shape index (κ2) is 5.12. The molecule has 0 bridgehead atoms. The molecule has 0 atom stereocenters. The maximum atomic E-state index is 12.1. The molecule has 0 saturated heterocycles. The van der Waals surface area contributed by atoms with Gasteiger partial charge in [0, 0.05) is 14.2 Å². The minimum absolute atomic E-state index is 0.105. The summed E-state index contributed by atoms with van der Waals surface area (Å²) < 4.78 is 30.1. The fourth-order valence-electron chi connectivity index (χ4n) is 1.55. The van der Waals surface area contributed by atoms with Crippen LogP contribution in [0.3, 0.4) is 0 Å². The van der Waals surface area contributed by atoms with Gasteiger partial charge in [0.05, 0.1) is 23.5 Å². The SMILES string of the molecule is COP(=O)(Cc1ccc(C#N)c2nsnc12)OC. The lowest BCUT2D eigenvalue weighted by atomic mass is 10.1. The van der Waals surface area contributed by atoms with E-state index in [2.05, 4.69) is 8.75 Å². The van der Waals surface area contributed by atoms with E-state index in [0.29, 0.717) is 22.2 Å². The summed E-state index contributed by atoms with van der Waals surface area (Å²) in [6.07, 6.45) is 0.105. The third kappa shape index (κ3) is 2.28. The summed E-state index contributed by atoms with van der Waals surface area (Å²) in [6.45, 7) is 0. The molecular formula is C10H10N3O3PS. The van der Waals surface area contributed by atoms with Crippen LogP contribution < -0.4 is 0 Å². The second-order valence-electron chi connectivity index (χ2n) is 3.48. The van der Waals surface area contributed by atoms with Gasteiger partial charge in [-0.2, -0.15) is 14.0 Å². The Hall–Kier alpha value is -1.32. The summed E-state index contributed by atoms with van der Waals surface area (Å²) in [7, 11) is -0.477. The molecule has 8 heteroatoms. The highest BCUT2D eigenvalue weighted by Crippen LogP contribution is 2.50. The van der Waals surface area contributed by atoms with E-state index in [1.807, 2.05) is 6.07 Å². The van der Waals surface area contributed by atoms with Gasteiger partial charge in [0.1, 0.15) is 17.1 Å². The fourth-order valence-corrected chi connectivity index (χ4v) is 3.22. The molecule has 0 unspecified atom stereocenters. The molecule has 0 aliphatic heterocycles. The van der Waals surface area contributed by atoms with Gasteiger partial charge in [0.15, 0.2) is 0 Å². The molecule has 0 spiro atoms. The van der Waals surface area contributed by atoms with Crippen LogP contribution in [0, 0.1) is 11.3 Å². The Labute approximate surface area is 108 Å². The van der Waals surface area contributed by atoms with Gasteiger partial charge in [-0.05, 0) is 11.6 Å². The zero-order chi connectivity index (χ0) is 13.2. The molecule has 2 rings (SSSR count). The van der Waals surface area contributed by atoms with E-state index in [-0.39, 0.29) is 6.16 Å². The molecule has 0 aliphatic rings. The first-order chi connectivity index (χ1) is 8.63. The van der Waals surface area contributed by atoms with Crippen LogP contribution in [0.5, 0.6) is 0 Å². The van der Waals surface area contributed by atoms with E-state index in [1.165, 1.54) is 14.2 Å². The van der Waals surface area contributed by atoms with Gasteiger partial charge in [0.25, 0.3) is 0 Å². The predicted molar refractivity (Wildman–Crippen MR) is 67.5 cm³/mol. The molecule has 1 aromatic heterocycles. The summed E-state index contributed by atoms with van der Waals surface area (Å²) in [5, 5.41) is 8.95. The van der Waals surface area contributed by atoms with Crippen LogP contribution in [0.25, 0.3) is 11.0 Å². The van der Waals surface area contributed by atoms with Crippen molar-refractivity contribution in [1.82, 2.24) is 8.75 Å². The Balaban J connectivity index is 2.51. The Morgan fingerprint density at radius 2 is 2.00 bits per heavy atom. The molecular weight excluding hydrogens is 273 g/mol. The summed E-state index contributed by atoms with van der Waals surface area (Å²) >= 11 is 1.02. The molecule has 0 radical (unpaired) electrons. The molecule has 1 aromatic carbocycles. The van der Waals surface area contributed by atoms with Crippen LogP contribution in [0.4, 0.5) is 0 Å². The van der Waals surface area contributed by atoms with Crippen LogP contribution in [-0.4, -0.2) is 23.0 Å². The molecule has 0 aliphatic carbocycles. The van der Waals surface area contributed by atoms with Crippen molar-refractivity contribution in [3.05, 3.63) is 23.3 Å². The number of nitriles is 1. The number of nitrogens with zero attached hydrogens (tertiary/aromatic N) is 3. The molecule has 94 valence electrons. The van der Waals surface area contributed by atoms with E-state index < -0.39 is 7.60 Å². The molecule has 0 amide bonds. The van der Waals surface area contributed by atoms with Crippen LogP contribution >= 0.6 is 19.3 Å². The van der Waals surface area contributed by atoms with E-state index in [4.69, 9.17) is 14.3 Å². The zero-order valence-corrected chi connectivity index (χ0v) is 11.5. The number of fused-ring (bicyclic) bond motifs is 1. The lowest BCUT2D eigenvalue weighted by Gasteiger charge is -2.13. The summed E-state index contributed by atoms with van der Waals surface area (Å²) in [4.78, 5) is 0. The first kappa shape index (κ1) is 13.1. The van der Waals surface area contributed by atoms with E-state index in [9.17, 15) is 4.57 Å². The van der Waals surface area contributed by atoms with Crippen molar-refractivity contribution in [3.8, 4) is 6.07 Å². The van der Waals surface area contributed by atoms with Crippen molar-refractivity contribution < 1.29 is 13.6 Å². The zero-order valence-electron chi connectivity index (χ0n) is 9.78. The standard InChI is InChI=1S/C10H10N3O3PS/c1-15-17(14,16-2)6-8-4-3-7(5-11)9-10(8)13-18-12-9/h3-4H,6H2,1-2H3. The van der Waals surface area contributed by atoms with E-state index in [1.54, 1.807) is 12.1 Å². The van der Waals surface area contributed by atoms with E-state index >= 15 is 0 Å². The molecule has 1 heterocycles. The summed E-state index contributed by atoms with van der Waals surface area (Å²) in [6, 6.07) is 5.38. The molecule has 0 fully saturated rings. The normalized spacial score (nSPS) is 11.6. The molecule has 6 nitrogen and oxygen atoms in total. The highest BCUT2D eigenvalue weighted by Gasteiger charge is 2.24. The molecule has 0 saturated carbocycles.